The molecular weight excluding hydrogens is 358 g/mol. The van der Waals surface area contributed by atoms with E-state index >= 15 is 0 Å². The van der Waals surface area contributed by atoms with E-state index in [1.165, 1.54) is 0 Å². The van der Waals surface area contributed by atoms with Crippen LogP contribution >= 0.6 is 0 Å². The molecule has 0 aliphatic heterocycles. The van der Waals surface area contributed by atoms with Gasteiger partial charge in [0.25, 0.3) is 5.56 Å². The number of benzene rings is 3. The molecule has 0 aliphatic carbocycles. The molecular formula is C25H19N3O. The number of pyridine rings is 1. The monoisotopic (exact) mass is 377 g/mol. The van der Waals surface area contributed by atoms with Crippen LogP contribution in [0.1, 0.15) is 5.56 Å². The van der Waals surface area contributed by atoms with Crippen LogP contribution in [-0.4, -0.2) is 14.8 Å². The fourth-order valence-electron chi connectivity index (χ4n) is 3.66. The van der Waals surface area contributed by atoms with Crippen LogP contribution in [0, 0.1) is 6.92 Å². The van der Waals surface area contributed by atoms with Crippen molar-refractivity contribution in [1.29, 1.82) is 0 Å². The average Bonchev–Trinajstić information content (AvgIpc) is 3.19. The Bertz CT molecular complexity index is 1370. The van der Waals surface area contributed by atoms with E-state index in [4.69, 9.17) is 5.10 Å². The van der Waals surface area contributed by atoms with Gasteiger partial charge in [0, 0.05) is 22.6 Å². The Hall–Kier alpha value is -3.92. The zero-order chi connectivity index (χ0) is 19.8. The number of rotatable bonds is 3. The third kappa shape index (κ3) is 3.15. The van der Waals surface area contributed by atoms with Crippen LogP contribution in [-0.2, 0) is 0 Å². The molecule has 0 atom stereocenters. The molecule has 4 heteroatoms. The van der Waals surface area contributed by atoms with Gasteiger partial charge in [0.2, 0.25) is 0 Å². The summed E-state index contributed by atoms with van der Waals surface area (Å²) in [5, 5.41) is 5.86. The van der Waals surface area contributed by atoms with Crippen molar-refractivity contribution in [1.82, 2.24) is 14.8 Å². The molecule has 0 fully saturated rings. The Kier molecular flexibility index (Phi) is 4.10. The van der Waals surface area contributed by atoms with E-state index in [2.05, 4.69) is 23.2 Å². The van der Waals surface area contributed by atoms with Crippen molar-refractivity contribution in [2.45, 2.75) is 6.92 Å². The van der Waals surface area contributed by atoms with Gasteiger partial charge in [0.1, 0.15) is 0 Å². The topological polar surface area (TPSA) is 50.7 Å². The first-order valence-corrected chi connectivity index (χ1v) is 9.54. The van der Waals surface area contributed by atoms with Crippen molar-refractivity contribution in [2.75, 3.05) is 0 Å². The van der Waals surface area contributed by atoms with Gasteiger partial charge in [-0.2, -0.15) is 5.10 Å². The summed E-state index contributed by atoms with van der Waals surface area (Å²) in [5.41, 5.74) is 6.42. The second-order valence-corrected chi connectivity index (χ2v) is 7.13. The average molecular weight is 377 g/mol. The molecule has 0 unspecified atom stereocenters. The Morgan fingerprint density at radius 3 is 2.21 bits per heavy atom. The van der Waals surface area contributed by atoms with Crippen LogP contribution in [0.25, 0.3) is 39.1 Å². The molecule has 0 amide bonds. The maximum Gasteiger partial charge on any atom is 0.250 e. The summed E-state index contributed by atoms with van der Waals surface area (Å²) in [7, 11) is 0. The van der Waals surface area contributed by atoms with Gasteiger partial charge in [-0.25, -0.2) is 4.68 Å². The molecule has 1 N–H and O–H groups in total. The van der Waals surface area contributed by atoms with Crippen molar-refractivity contribution < 1.29 is 0 Å². The molecule has 29 heavy (non-hydrogen) atoms. The highest BCUT2D eigenvalue weighted by atomic mass is 16.1. The molecule has 0 bridgehead atoms. The number of nitrogens with one attached hydrogen (secondary N) is 1. The van der Waals surface area contributed by atoms with E-state index in [0.29, 0.717) is 0 Å². The number of nitrogens with zero attached hydrogens (tertiary/aromatic N) is 2. The highest BCUT2D eigenvalue weighted by molar-refractivity contribution is 5.88. The number of hydrogen-bond acceptors (Lipinski definition) is 2. The van der Waals surface area contributed by atoms with Crippen molar-refractivity contribution in [3.05, 3.63) is 107 Å². The van der Waals surface area contributed by atoms with E-state index in [1.54, 1.807) is 6.07 Å². The summed E-state index contributed by atoms with van der Waals surface area (Å²) in [6.07, 6.45) is 0. The molecule has 3 aromatic carbocycles. The van der Waals surface area contributed by atoms with Crippen molar-refractivity contribution in [3.8, 4) is 28.2 Å². The van der Waals surface area contributed by atoms with Crippen LogP contribution in [0.2, 0.25) is 0 Å². The Morgan fingerprint density at radius 1 is 0.793 bits per heavy atom. The van der Waals surface area contributed by atoms with Crippen molar-refractivity contribution in [3.63, 3.8) is 0 Å². The number of aryl methyl sites for hydroxylation is 1. The van der Waals surface area contributed by atoms with Crippen molar-refractivity contribution >= 4 is 10.9 Å². The summed E-state index contributed by atoms with van der Waals surface area (Å²) in [4.78, 5) is 15.4. The lowest BCUT2D eigenvalue weighted by Crippen LogP contribution is -2.10. The quantitative estimate of drug-likeness (QED) is 0.460. The minimum atomic E-state index is -0.145. The van der Waals surface area contributed by atoms with E-state index < -0.39 is 0 Å². The standard InChI is InChI=1S/C25H19N3O/c1-17-12-13-20-22(14-17)26-25(29)16-24(20)28-23(19-10-6-3-7-11-19)15-21(27-28)18-8-4-2-5-9-18/h2-16H,1H3,(H,26,29). The van der Waals surface area contributed by atoms with Gasteiger partial charge < -0.3 is 4.98 Å². The molecule has 5 rings (SSSR count). The summed E-state index contributed by atoms with van der Waals surface area (Å²) in [6, 6.07) is 30.0. The normalized spacial score (nSPS) is 11.1. The summed E-state index contributed by atoms with van der Waals surface area (Å²) >= 11 is 0. The first-order valence-electron chi connectivity index (χ1n) is 9.54. The lowest BCUT2D eigenvalue weighted by molar-refractivity contribution is 0.895. The maximum atomic E-state index is 12.4. The molecule has 140 valence electrons. The van der Waals surface area contributed by atoms with E-state index in [-0.39, 0.29) is 5.56 Å². The van der Waals surface area contributed by atoms with Gasteiger partial charge in [-0.3, -0.25) is 4.79 Å². The number of fused-ring (bicyclic) bond motifs is 1. The van der Waals surface area contributed by atoms with Crippen LogP contribution in [0.15, 0.2) is 95.8 Å². The SMILES string of the molecule is Cc1ccc2c(-n3nc(-c4ccccc4)cc3-c3ccccc3)cc(=O)[nH]c2c1. The number of hydrogen-bond donors (Lipinski definition) is 1. The largest absolute Gasteiger partial charge is 0.322 e. The predicted molar refractivity (Wildman–Crippen MR) is 117 cm³/mol. The summed E-state index contributed by atoms with van der Waals surface area (Å²) < 4.78 is 1.88. The third-order valence-electron chi connectivity index (χ3n) is 5.05. The fraction of sp³-hybridized carbons (Fsp3) is 0.0400. The van der Waals surface area contributed by atoms with Crippen LogP contribution in [0.3, 0.4) is 0 Å². The molecule has 0 saturated carbocycles. The lowest BCUT2D eigenvalue weighted by Gasteiger charge is -2.11. The van der Waals surface area contributed by atoms with Gasteiger partial charge in [-0.15, -0.1) is 0 Å². The molecule has 0 aliphatic rings. The second kappa shape index (κ2) is 6.91. The van der Waals surface area contributed by atoms with Gasteiger partial charge in [0.15, 0.2) is 0 Å². The molecule has 4 nitrogen and oxygen atoms in total. The van der Waals surface area contributed by atoms with Gasteiger partial charge >= 0.3 is 0 Å². The van der Waals surface area contributed by atoms with E-state index in [0.717, 1.165) is 44.7 Å². The van der Waals surface area contributed by atoms with Crippen molar-refractivity contribution in [2.24, 2.45) is 0 Å². The molecule has 2 heterocycles. The Labute approximate surface area is 168 Å². The highest BCUT2D eigenvalue weighted by Crippen LogP contribution is 2.30. The van der Waals surface area contributed by atoms with E-state index in [1.807, 2.05) is 78.3 Å². The summed E-state index contributed by atoms with van der Waals surface area (Å²) in [5.74, 6) is 0. The molecule has 0 spiro atoms. The van der Waals surface area contributed by atoms with Gasteiger partial charge in [0.05, 0.1) is 22.6 Å². The van der Waals surface area contributed by atoms with Gasteiger partial charge in [-0.1, -0.05) is 72.8 Å². The van der Waals surface area contributed by atoms with Crippen LogP contribution in [0.4, 0.5) is 0 Å². The first-order chi connectivity index (χ1) is 14.2. The summed E-state index contributed by atoms with van der Waals surface area (Å²) in [6.45, 7) is 2.02. The highest BCUT2D eigenvalue weighted by Gasteiger charge is 2.15. The Balaban J connectivity index is 1.82. The number of aromatic amines is 1. The number of H-pyrrole nitrogens is 1. The predicted octanol–water partition coefficient (Wildman–Crippen LogP) is 5.36. The molecule has 5 aromatic rings. The van der Waals surface area contributed by atoms with Crippen LogP contribution in [0.5, 0.6) is 0 Å². The molecule has 0 radical (unpaired) electrons. The lowest BCUT2D eigenvalue weighted by atomic mass is 10.1. The minimum absolute atomic E-state index is 0.145. The van der Waals surface area contributed by atoms with Gasteiger partial charge in [-0.05, 0) is 24.6 Å². The Morgan fingerprint density at radius 2 is 1.48 bits per heavy atom. The zero-order valence-corrected chi connectivity index (χ0v) is 16.0. The zero-order valence-electron chi connectivity index (χ0n) is 16.0. The van der Waals surface area contributed by atoms with Crippen LogP contribution < -0.4 is 5.56 Å². The fourth-order valence-corrected chi connectivity index (χ4v) is 3.66. The first kappa shape index (κ1) is 17.2. The third-order valence-corrected chi connectivity index (χ3v) is 5.05. The molecule has 0 saturated heterocycles. The second-order valence-electron chi connectivity index (χ2n) is 7.13. The molecule has 2 aromatic heterocycles. The maximum absolute atomic E-state index is 12.4. The number of aromatic nitrogens is 3. The minimum Gasteiger partial charge on any atom is -0.322 e. The van der Waals surface area contributed by atoms with E-state index in [9.17, 15) is 4.79 Å². The smallest absolute Gasteiger partial charge is 0.250 e.